The Kier molecular flexibility index (Phi) is 35.3. The number of carbonyl (C=O) groups is 1. The van der Waals surface area contributed by atoms with Crippen molar-refractivity contribution in [1.29, 1.82) is 0 Å². The normalized spacial score (nSPS) is 4.00. The van der Waals surface area contributed by atoms with Gasteiger partial charge in [-0.3, -0.25) is 4.79 Å². The number of hydrogen-bond donors (Lipinski definition) is 1. The molecule has 3 nitrogen and oxygen atoms in total. The minimum absolute atomic E-state index is 0. The molecular weight excluding hydrogens is 374 g/mol. The summed E-state index contributed by atoms with van der Waals surface area (Å²) in [7, 11) is 0. The van der Waals surface area contributed by atoms with Crippen LogP contribution >= 0.6 is 0 Å². The van der Waals surface area contributed by atoms with Crippen molar-refractivity contribution in [2.24, 2.45) is 0 Å². The van der Waals surface area contributed by atoms with Crippen LogP contribution in [0.1, 0.15) is 6.92 Å². The van der Waals surface area contributed by atoms with E-state index in [1.807, 2.05) is 0 Å². The summed E-state index contributed by atoms with van der Waals surface area (Å²) in [6.07, 6.45) is 0. The Morgan fingerprint density at radius 1 is 1.57 bits per heavy atom. The van der Waals surface area contributed by atoms with Crippen LogP contribution in [0, 0.1) is 0 Å². The van der Waals surface area contributed by atoms with Crippen LogP contribution in [0.25, 0.3) is 0 Å². The van der Waals surface area contributed by atoms with E-state index in [2.05, 4.69) is 0 Å². The van der Waals surface area contributed by atoms with E-state index in [9.17, 15) is 0 Å². The minimum atomic E-state index is -0.833. The van der Waals surface area contributed by atoms with Gasteiger partial charge >= 0.3 is 50.5 Å². The zero-order valence-electron chi connectivity index (χ0n) is 3.92. The molecule has 0 aliphatic heterocycles. The van der Waals surface area contributed by atoms with E-state index in [1.54, 1.807) is 0 Å². The van der Waals surface area contributed by atoms with Crippen LogP contribution < -0.4 is 0 Å². The average Bonchev–Trinajstić information content (AvgIpc) is 1.41. The van der Waals surface area contributed by atoms with Crippen LogP contribution in [0.2, 0.25) is 0 Å². The van der Waals surface area contributed by atoms with Gasteiger partial charge in [0.05, 0.1) is 0 Å². The standard InChI is InChI=1S/C2H4O2.Bi.Nb.O.3H/c1-2(3)4;;;;;;/h1H3,(H,3,4);;;;;;. The molecule has 0 aliphatic carbocycles. The van der Waals surface area contributed by atoms with Gasteiger partial charge in [-0.1, -0.05) is 0 Å². The van der Waals surface area contributed by atoms with E-state index >= 15 is 0 Å². The fourth-order valence-electron chi connectivity index (χ4n) is 0. The zero-order valence-corrected chi connectivity index (χ0v) is 11.6. The van der Waals surface area contributed by atoms with Gasteiger partial charge in [0.2, 0.25) is 0 Å². The van der Waals surface area contributed by atoms with Gasteiger partial charge in [-0.25, -0.2) is 0 Å². The number of hydrogen-bond acceptors (Lipinski definition) is 2. The second-order valence-corrected chi connectivity index (χ2v) is 0.519. The van der Waals surface area contributed by atoms with Gasteiger partial charge < -0.3 is 5.11 Å². The Morgan fingerprint density at radius 2 is 1.57 bits per heavy atom. The molecule has 0 spiro atoms. The maximum absolute atomic E-state index is 9.00. The molecule has 0 bridgehead atoms. The fourth-order valence-corrected chi connectivity index (χ4v) is 0. The quantitative estimate of drug-likeness (QED) is 0.536. The molecule has 0 atom stereocenters. The Labute approximate surface area is 72.9 Å². The molecule has 0 aromatic rings. The maximum atomic E-state index is 9.00. The first kappa shape index (κ1) is 15.7. The molecule has 7 heavy (non-hydrogen) atoms. The topological polar surface area (TPSA) is 54.4 Å². The fraction of sp³-hybridized carbons (Fsp3) is 0.500. The van der Waals surface area contributed by atoms with Gasteiger partial charge in [-0.15, -0.1) is 0 Å². The molecule has 0 fully saturated rings. The third-order valence-electron chi connectivity index (χ3n) is 0. The predicted octanol–water partition coefficient (Wildman–Crippen LogP) is -1.21. The van der Waals surface area contributed by atoms with E-state index in [0.717, 1.165) is 6.92 Å². The first-order valence-electron chi connectivity index (χ1n) is 1.11. The molecule has 0 aromatic carbocycles. The first-order valence-corrected chi connectivity index (χ1v) is 2.01. The van der Waals surface area contributed by atoms with Crippen LogP contribution in [-0.2, 0) is 29.1 Å². The molecule has 0 unspecified atom stereocenters. The Morgan fingerprint density at radius 3 is 1.57 bits per heavy atom. The van der Waals surface area contributed by atoms with Gasteiger partial charge in [0.15, 0.2) is 0 Å². The zero-order chi connectivity index (χ0) is 5.58. The van der Waals surface area contributed by atoms with Crippen LogP contribution in [-0.4, -0.2) is 37.3 Å². The average molecular weight is 381 g/mol. The summed E-state index contributed by atoms with van der Waals surface area (Å²) in [6.45, 7) is 1.08. The molecule has 1 N–H and O–H groups in total. The van der Waals surface area contributed by atoms with Crippen LogP contribution in [0.15, 0.2) is 0 Å². The van der Waals surface area contributed by atoms with Crippen molar-refractivity contribution in [1.82, 2.24) is 0 Å². The Bertz CT molecular complexity index is 44.2. The molecule has 43 valence electrons. The number of rotatable bonds is 0. The monoisotopic (exact) mass is 381 g/mol. The van der Waals surface area contributed by atoms with Crippen molar-refractivity contribution in [2.45, 2.75) is 6.92 Å². The van der Waals surface area contributed by atoms with Crippen LogP contribution in [0.5, 0.6) is 0 Å². The summed E-state index contributed by atoms with van der Waals surface area (Å²) < 4.78 is 8.30. The molecule has 0 saturated heterocycles. The number of aliphatic carboxylic acids is 1. The van der Waals surface area contributed by atoms with Crippen molar-refractivity contribution >= 4 is 32.2 Å². The van der Waals surface area contributed by atoms with E-state index in [4.69, 9.17) is 13.2 Å². The van der Waals surface area contributed by atoms with Crippen LogP contribution in [0.3, 0.4) is 0 Å². The van der Waals surface area contributed by atoms with E-state index < -0.39 is 5.97 Å². The third-order valence-corrected chi connectivity index (χ3v) is 0. The number of carboxylic acids is 1. The molecule has 0 rings (SSSR count). The molecule has 0 saturated carbocycles. The van der Waals surface area contributed by atoms with Gasteiger partial charge in [0.1, 0.15) is 0 Å². The Hall–Kier alpha value is 0.893. The SMILES string of the molecule is CC(=O)O.[BiH3].[O]=[Nb]. The van der Waals surface area contributed by atoms with E-state index in [1.165, 1.54) is 0 Å². The first-order chi connectivity index (χ1) is 2.73. The van der Waals surface area contributed by atoms with Gasteiger partial charge in [-0.2, -0.15) is 0 Å². The predicted molar refractivity (Wildman–Crippen MR) is 23.9 cm³/mol. The summed E-state index contributed by atoms with van der Waals surface area (Å²) >= 11 is 0.500. The molecule has 0 aromatic heterocycles. The molecular formula is C2H7BiNbO3. The summed E-state index contributed by atoms with van der Waals surface area (Å²) in [6, 6.07) is 0. The summed E-state index contributed by atoms with van der Waals surface area (Å²) in [5, 5.41) is 7.42. The van der Waals surface area contributed by atoms with Crippen molar-refractivity contribution in [3.8, 4) is 0 Å². The second kappa shape index (κ2) is 15.8. The Balaban J connectivity index is -0.0000000480. The number of carboxylic acid groups (broad SMARTS) is 1. The molecule has 0 aliphatic rings. The van der Waals surface area contributed by atoms with Crippen LogP contribution in [0.4, 0.5) is 0 Å². The van der Waals surface area contributed by atoms with Crippen molar-refractivity contribution < 1.29 is 34.2 Å². The molecule has 0 heterocycles. The van der Waals surface area contributed by atoms with Crippen molar-refractivity contribution in [3.63, 3.8) is 0 Å². The van der Waals surface area contributed by atoms with E-state index in [-0.39, 0.29) is 26.2 Å². The summed E-state index contributed by atoms with van der Waals surface area (Å²) in [5.74, 6) is -0.833. The van der Waals surface area contributed by atoms with Gasteiger partial charge in [0, 0.05) is 6.92 Å². The molecule has 0 radical (unpaired) electrons. The van der Waals surface area contributed by atoms with E-state index in [0.29, 0.717) is 21.0 Å². The van der Waals surface area contributed by atoms with Gasteiger partial charge in [-0.05, 0) is 0 Å². The third kappa shape index (κ3) is 207. The molecule has 5 heteroatoms. The van der Waals surface area contributed by atoms with Crippen molar-refractivity contribution in [2.75, 3.05) is 0 Å². The van der Waals surface area contributed by atoms with Gasteiger partial charge in [0.25, 0.3) is 5.97 Å². The summed E-state index contributed by atoms with van der Waals surface area (Å²) in [4.78, 5) is 9.00. The molecule has 0 amide bonds. The second-order valence-electron chi connectivity index (χ2n) is 0.519. The summed E-state index contributed by atoms with van der Waals surface area (Å²) in [5.41, 5.74) is 0. The van der Waals surface area contributed by atoms with Crippen molar-refractivity contribution in [3.05, 3.63) is 0 Å².